The van der Waals surface area contributed by atoms with Crippen molar-refractivity contribution >= 4 is 46.7 Å². The van der Waals surface area contributed by atoms with Crippen molar-refractivity contribution in [2.75, 3.05) is 76.1 Å². The summed E-state index contributed by atoms with van der Waals surface area (Å²) in [4.78, 5) is 55.2. The third-order valence-corrected chi connectivity index (χ3v) is 6.66. The van der Waals surface area contributed by atoms with Gasteiger partial charge in [-0.1, -0.05) is 0 Å². The summed E-state index contributed by atoms with van der Waals surface area (Å²) in [6.45, 7) is 4.54. The Morgan fingerprint density at radius 3 is 2.30 bits per heavy atom. The molecule has 0 bridgehead atoms. The molecule has 16 heteroatoms. The fourth-order valence-corrected chi connectivity index (χ4v) is 4.19. The summed E-state index contributed by atoms with van der Waals surface area (Å²) in [6, 6.07) is 6.08. The molecule has 8 N–H and O–H groups in total. The smallest absolute Gasteiger partial charge is 0.251 e. The molecule has 0 spiro atoms. The minimum atomic E-state index is -0.798. The number of carbonyl (C=O) groups excluding carboxylic acids is 3. The average Bonchev–Trinajstić information content (AvgIpc) is 3.05. The van der Waals surface area contributed by atoms with Gasteiger partial charge < -0.3 is 51.7 Å². The second kappa shape index (κ2) is 19.8. The van der Waals surface area contributed by atoms with Gasteiger partial charge in [-0.3, -0.25) is 9.59 Å². The lowest BCUT2D eigenvalue weighted by atomic mass is 10.1. The van der Waals surface area contributed by atoms with Crippen molar-refractivity contribution in [1.29, 1.82) is 0 Å². The molecule has 0 radical (unpaired) electrons. The van der Waals surface area contributed by atoms with Gasteiger partial charge in [-0.05, 0) is 50.1 Å². The zero-order valence-corrected chi connectivity index (χ0v) is 26.2. The van der Waals surface area contributed by atoms with Crippen LogP contribution in [0.4, 0.5) is 17.5 Å². The van der Waals surface area contributed by atoms with E-state index in [4.69, 9.17) is 31.4 Å². The van der Waals surface area contributed by atoms with Crippen LogP contribution in [0.15, 0.2) is 30.5 Å². The van der Waals surface area contributed by atoms with Crippen LogP contribution < -0.4 is 32.7 Å². The van der Waals surface area contributed by atoms with E-state index in [1.54, 1.807) is 30.5 Å². The molecule has 0 fully saturated rings. The summed E-state index contributed by atoms with van der Waals surface area (Å²) in [7, 11) is 1.87. The molecule has 46 heavy (non-hydrogen) atoms. The Labute approximate surface area is 267 Å². The van der Waals surface area contributed by atoms with Crippen molar-refractivity contribution in [2.45, 2.75) is 38.3 Å². The van der Waals surface area contributed by atoms with Crippen molar-refractivity contribution in [2.24, 2.45) is 5.73 Å². The molecule has 0 aliphatic carbocycles. The Hall–Kier alpha value is -4.51. The maximum Gasteiger partial charge on any atom is 0.251 e. The number of hydrogen-bond acceptors (Lipinski definition) is 14. The number of rotatable bonds is 22. The second-order valence-corrected chi connectivity index (χ2v) is 10.3. The van der Waals surface area contributed by atoms with Gasteiger partial charge in [-0.15, -0.1) is 0 Å². The van der Waals surface area contributed by atoms with Crippen molar-refractivity contribution < 1.29 is 28.6 Å². The van der Waals surface area contributed by atoms with Gasteiger partial charge in [0.25, 0.3) is 5.91 Å². The van der Waals surface area contributed by atoms with Crippen LogP contribution in [0.5, 0.6) is 0 Å². The molecule has 1 aromatic carbocycles. The third kappa shape index (κ3) is 12.5. The molecule has 16 nitrogen and oxygen atoms in total. The normalized spacial score (nSPS) is 11.7. The first kappa shape index (κ1) is 36.0. The summed E-state index contributed by atoms with van der Waals surface area (Å²) in [6.07, 6.45) is 3.97. The maximum absolute atomic E-state index is 12.8. The summed E-state index contributed by atoms with van der Waals surface area (Å²) in [5.41, 5.74) is 19.4. The monoisotopic (exact) mass is 640 g/mol. The molecule has 0 aliphatic heterocycles. The largest absolute Gasteiger partial charge is 0.382 e. The number of anilines is 3. The number of ether oxygens (including phenoxy) is 3. The topological polar surface area (TPSA) is 236 Å². The van der Waals surface area contributed by atoms with E-state index in [0.717, 1.165) is 12.1 Å². The second-order valence-electron chi connectivity index (χ2n) is 10.3. The van der Waals surface area contributed by atoms with Gasteiger partial charge in [0.2, 0.25) is 11.9 Å². The number of nitrogens with zero attached hydrogens (tertiary/aromatic N) is 5. The Morgan fingerprint density at radius 1 is 0.957 bits per heavy atom. The number of benzene rings is 1. The number of hydrogen-bond donors (Lipinski definition) is 5. The lowest BCUT2D eigenvalue weighted by molar-refractivity contribution is -0.121. The highest BCUT2D eigenvalue weighted by atomic mass is 16.5. The fourth-order valence-electron chi connectivity index (χ4n) is 4.19. The van der Waals surface area contributed by atoms with Gasteiger partial charge in [0.15, 0.2) is 17.0 Å². The first-order valence-corrected chi connectivity index (χ1v) is 15.1. The molecule has 2 heterocycles. The lowest BCUT2D eigenvalue weighted by Gasteiger charge is -2.19. The molecular weight excluding hydrogens is 596 g/mol. The third-order valence-electron chi connectivity index (χ3n) is 6.66. The number of aldehydes is 1. The van der Waals surface area contributed by atoms with Crippen LogP contribution in [-0.2, 0) is 30.3 Å². The fraction of sp³-hybridized carbons (Fsp3) is 0.500. The van der Waals surface area contributed by atoms with Gasteiger partial charge in [0.05, 0.1) is 50.9 Å². The molecule has 0 saturated carbocycles. The van der Waals surface area contributed by atoms with E-state index in [0.29, 0.717) is 94.4 Å². The number of nitrogens with one attached hydrogen (secondary N) is 2. The van der Waals surface area contributed by atoms with Crippen LogP contribution in [0, 0.1) is 0 Å². The summed E-state index contributed by atoms with van der Waals surface area (Å²) in [5, 5.41) is 5.47. The van der Waals surface area contributed by atoms with Crippen LogP contribution in [0.2, 0.25) is 0 Å². The highest BCUT2D eigenvalue weighted by molar-refractivity contribution is 5.96. The van der Waals surface area contributed by atoms with E-state index in [1.807, 2.05) is 11.9 Å². The Kier molecular flexibility index (Phi) is 15.5. The van der Waals surface area contributed by atoms with Crippen LogP contribution in [0.1, 0.15) is 41.7 Å². The molecular formula is C30H44N10O6. The SMILES string of the molecule is CN(Cc1cnc2nc(N)nc(N)c2n1)c1ccc(C(=O)NC(C=O)CCC(=O)NCCCOCCOCCOCCCN)cc1. The highest BCUT2D eigenvalue weighted by Crippen LogP contribution is 2.19. The molecule has 0 saturated heterocycles. The van der Waals surface area contributed by atoms with E-state index >= 15 is 0 Å². The zero-order chi connectivity index (χ0) is 33.1. The van der Waals surface area contributed by atoms with Crippen molar-refractivity contribution in [3.8, 4) is 0 Å². The minimum Gasteiger partial charge on any atom is -0.382 e. The highest BCUT2D eigenvalue weighted by Gasteiger charge is 2.16. The van der Waals surface area contributed by atoms with Gasteiger partial charge in [-0.2, -0.15) is 9.97 Å². The zero-order valence-electron chi connectivity index (χ0n) is 26.2. The summed E-state index contributed by atoms with van der Waals surface area (Å²) in [5.74, 6) is -0.439. The molecule has 3 aromatic rings. The molecule has 250 valence electrons. The van der Waals surface area contributed by atoms with Crippen LogP contribution in [0.3, 0.4) is 0 Å². The molecule has 1 unspecified atom stereocenters. The Bertz CT molecular complexity index is 1390. The van der Waals surface area contributed by atoms with Crippen molar-refractivity contribution in [3.63, 3.8) is 0 Å². The van der Waals surface area contributed by atoms with Crippen molar-refractivity contribution in [3.05, 3.63) is 41.7 Å². The minimum absolute atomic E-state index is 0.0293. The first-order chi connectivity index (χ1) is 22.3. The number of aromatic nitrogens is 4. The maximum atomic E-state index is 12.8. The average molecular weight is 641 g/mol. The molecule has 3 rings (SSSR count). The van der Waals surface area contributed by atoms with Gasteiger partial charge in [0, 0.05) is 44.5 Å². The number of nitrogens with two attached hydrogens (primary N) is 3. The van der Waals surface area contributed by atoms with Gasteiger partial charge in [0.1, 0.15) is 6.29 Å². The van der Waals surface area contributed by atoms with Crippen molar-refractivity contribution in [1.82, 2.24) is 30.6 Å². The van der Waals surface area contributed by atoms with Gasteiger partial charge in [-0.25, -0.2) is 9.97 Å². The molecule has 0 aliphatic rings. The number of amides is 2. The quantitative estimate of drug-likeness (QED) is 0.0729. The van der Waals surface area contributed by atoms with E-state index < -0.39 is 11.9 Å². The number of nitrogen functional groups attached to an aromatic ring is 2. The molecule has 2 aromatic heterocycles. The summed E-state index contributed by atoms with van der Waals surface area (Å²) < 4.78 is 16.2. The molecule has 1 atom stereocenters. The summed E-state index contributed by atoms with van der Waals surface area (Å²) >= 11 is 0. The number of fused-ring (bicyclic) bond motifs is 1. The van der Waals surface area contributed by atoms with Gasteiger partial charge >= 0.3 is 0 Å². The standard InChI is InChI=1S/C30H44N10O6/c1-40(19-23-18-35-28-26(36-23)27(32)38-30(33)39-28)24-7-4-21(5-8-24)29(43)37-22(20-41)6-9-25(42)34-11-3-13-45-15-17-46-16-14-44-12-2-10-31/h4-5,7-8,18,20,22H,2-3,6,9-17,19,31H2,1H3,(H,34,42)(H,37,43)(H4,32,33,35,38,39). The predicted molar refractivity (Wildman–Crippen MR) is 173 cm³/mol. The van der Waals surface area contributed by atoms with E-state index in [2.05, 4.69) is 30.6 Å². The van der Waals surface area contributed by atoms with Crippen LogP contribution in [0.25, 0.3) is 11.2 Å². The van der Waals surface area contributed by atoms with Crippen LogP contribution >= 0.6 is 0 Å². The lowest BCUT2D eigenvalue weighted by Crippen LogP contribution is -2.37. The Morgan fingerprint density at radius 2 is 1.63 bits per heavy atom. The van der Waals surface area contributed by atoms with E-state index in [9.17, 15) is 14.4 Å². The number of carbonyl (C=O) groups is 3. The van der Waals surface area contributed by atoms with Crippen LogP contribution in [-0.4, -0.2) is 104 Å². The first-order valence-electron chi connectivity index (χ1n) is 15.1. The Balaban J connectivity index is 1.31. The van der Waals surface area contributed by atoms with E-state index in [-0.39, 0.29) is 30.5 Å². The predicted octanol–water partition coefficient (Wildman–Crippen LogP) is 0.203. The molecule has 2 amide bonds. The van der Waals surface area contributed by atoms with E-state index in [1.165, 1.54) is 0 Å².